The van der Waals surface area contributed by atoms with Crippen LogP contribution < -0.4 is 0 Å². The molecular formula is C32H34Cl3N3O2. The van der Waals surface area contributed by atoms with E-state index >= 15 is 0 Å². The van der Waals surface area contributed by atoms with Crippen molar-refractivity contribution >= 4 is 46.6 Å². The van der Waals surface area contributed by atoms with Crippen LogP contribution in [0.4, 0.5) is 0 Å². The highest BCUT2D eigenvalue weighted by atomic mass is 35.5. The average Bonchev–Trinajstić information content (AvgIpc) is 2.98. The summed E-state index contributed by atoms with van der Waals surface area (Å²) in [5, 5.41) is 1.54. The van der Waals surface area contributed by atoms with E-state index in [1.807, 2.05) is 42.3 Å². The molecule has 5 rings (SSSR count). The van der Waals surface area contributed by atoms with Crippen LogP contribution in [0.15, 0.2) is 72.8 Å². The zero-order chi connectivity index (χ0) is 28.2. The number of rotatable bonds is 6. The van der Waals surface area contributed by atoms with E-state index in [2.05, 4.69) is 17.0 Å². The summed E-state index contributed by atoms with van der Waals surface area (Å²) < 4.78 is 0. The van der Waals surface area contributed by atoms with Gasteiger partial charge in [0, 0.05) is 49.2 Å². The van der Waals surface area contributed by atoms with Crippen molar-refractivity contribution in [2.75, 3.05) is 26.7 Å². The number of halogens is 3. The number of amides is 2. The summed E-state index contributed by atoms with van der Waals surface area (Å²) in [4.78, 5) is 33.7. The maximum absolute atomic E-state index is 14.1. The molecule has 2 amide bonds. The molecule has 40 heavy (non-hydrogen) atoms. The van der Waals surface area contributed by atoms with E-state index in [1.54, 1.807) is 35.2 Å². The molecule has 0 unspecified atom stereocenters. The SMILES string of the molecule is CN(C(=O)c1ccc(Cl)cc1)[C@@H]1CCN(C(=O)[C@H]2CCCCN2Cc2ccccc2)C[C@H]1c1ccc(Cl)c(Cl)c1. The smallest absolute Gasteiger partial charge is 0.253 e. The number of piperidine rings is 2. The number of hydrogen-bond donors (Lipinski definition) is 0. The summed E-state index contributed by atoms with van der Waals surface area (Å²) >= 11 is 18.7. The van der Waals surface area contributed by atoms with Gasteiger partial charge in [0.05, 0.1) is 16.1 Å². The minimum absolute atomic E-state index is 0.0761. The van der Waals surface area contributed by atoms with E-state index in [9.17, 15) is 9.59 Å². The predicted octanol–water partition coefficient (Wildman–Crippen LogP) is 7.16. The van der Waals surface area contributed by atoms with E-state index in [0.717, 1.165) is 37.9 Å². The number of carbonyl (C=O) groups excluding carboxylic acids is 2. The number of hydrogen-bond acceptors (Lipinski definition) is 3. The first kappa shape index (κ1) is 28.9. The maximum Gasteiger partial charge on any atom is 0.253 e. The minimum atomic E-state index is -0.145. The van der Waals surface area contributed by atoms with Gasteiger partial charge in [0.25, 0.3) is 5.91 Å². The number of benzene rings is 3. The van der Waals surface area contributed by atoms with E-state index in [4.69, 9.17) is 34.8 Å². The summed E-state index contributed by atoms with van der Waals surface area (Å²) in [6.07, 6.45) is 3.67. The first-order chi connectivity index (χ1) is 19.3. The zero-order valence-electron chi connectivity index (χ0n) is 22.6. The highest BCUT2D eigenvalue weighted by Gasteiger charge is 2.40. The molecule has 2 fully saturated rings. The van der Waals surface area contributed by atoms with Gasteiger partial charge in [-0.25, -0.2) is 0 Å². The van der Waals surface area contributed by atoms with Crippen LogP contribution in [0.5, 0.6) is 0 Å². The van der Waals surface area contributed by atoms with Crippen molar-refractivity contribution < 1.29 is 9.59 Å². The molecule has 3 aromatic rings. The summed E-state index contributed by atoms with van der Waals surface area (Å²) in [5.74, 6) is -0.0153. The number of carbonyl (C=O) groups is 2. The van der Waals surface area contributed by atoms with Gasteiger partial charge in [-0.2, -0.15) is 0 Å². The van der Waals surface area contributed by atoms with Crippen molar-refractivity contribution in [3.63, 3.8) is 0 Å². The molecule has 0 saturated carbocycles. The molecule has 2 saturated heterocycles. The Bertz CT molecular complexity index is 1330. The van der Waals surface area contributed by atoms with Crippen molar-refractivity contribution in [3.8, 4) is 0 Å². The van der Waals surface area contributed by atoms with Crippen LogP contribution in [0, 0.1) is 0 Å². The molecular weight excluding hydrogens is 565 g/mol. The third kappa shape index (κ3) is 6.49. The lowest BCUT2D eigenvalue weighted by Gasteiger charge is -2.45. The molecule has 3 atom stereocenters. The Hall–Kier alpha value is -2.57. The Kier molecular flexibility index (Phi) is 9.37. The number of likely N-dealkylation sites (N-methyl/N-ethyl adjacent to an activating group) is 1. The highest BCUT2D eigenvalue weighted by Crippen LogP contribution is 2.35. The van der Waals surface area contributed by atoms with E-state index in [1.165, 1.54) is 5.56 Å². The van der Waals surface area contributed by atoms with E-state index < -0.39 is 0 Å². The first-order valence-corrected chi connectivity index (χ1v) is 15.0. The van der Waals surface area contributed by atoms with Crippen LogP contribution in [0.2, 0.25) is 15.1 Å². The van der Waals surface area contributed by atoms with Crippen LogP contribution >= 0.6 is 34.8 Å². The summed E-state index contributed by atoms with van der Waals surface area (Å²) in [6.45, 7) is 2.78. The Morgan fingerprint density at radius 3 is 2.35 bits per heavy atom. The second kappa shape index (κ2) is 12.9. The fourth-order valence-corrected chi connectivity index (χ4v) is 6.54. The molecule has 210 valence electrons. The molecule has 0 N–H and O–H groups in total. The fraction of sp³-hybridized carbons (Fsp3) is 0.375. The molecule has 0 spiro atoms. The lowest BCUT2D eigenvalue weighted by atomic mass is 9.84. The standard InChI is InChI=1S/C32H34Cl3N3O2/c1-36(31(39)23-10-13-25(33)14-11-23)29-16-18-38(21-26(29)24-12-15-27(34)28(35)19-24)32(40)30-9-5-6-17-37(30)20-22-7-3-2-4-8-22/h2-4,7-8,10-15,19,26,29-30H,5-6,9,16-18,20-21H2,1H3/t26-,29+,30+/m0/s1. The van der Waals surface area contributed by atoms with Gasteiger partial charge in [0.15, 0.2) is 0 Å². The lowest BCUT2D eigenvalue weighted by molar-refractivity contribution is -0.140. The van der Waals surface area contributed by atoms with Gasteiger partial charge in [-0.15, -0.1) is 0 Å². The maximum atomic E-state index is 14.1. The van der Waals surface area contributed by atoms with Crippen LogP contribution in [-0.2, 0) is 11.3 Å². The monoisotopic (exact) mass is 597 g/mol. The number of nitrogens with zero attached hydrogens (tertiary/aromatic N) is 3. The van der Waals surface area contributed by atoms with Gasteiger partial charge in [0.1, 0.15) is 0 Å². The van der Waals surface area contributed by atoms with Gasteiger partial charge >= 0.3 is 0 Å². The molecule has 2 aliphatic heterocycles. The van der Waals surface area contributed by atoms with Crippen LogP contribution in [0.1, 0.15) is 53.1 Å². The quantitative estimate of drug-likeness (QED) is 0.302. The molecule has 0 aliphatic carbocycles. The van der Waals surface area contributed by atoms with Crippen LogP contribution in [-0.4, -0.2) is 65.3 Å². The Morgan fingerprint density at radius 2 is 1.62 bits per heavy atom. The molecule has 3 aromatic carbocycles. The van der Waals surface area contributed by atoms with Crippen LogP contribution in [0.3, 0.4) is 0 Å². The van der Waals surface area contributed by atoms with Crippen LogP contribution in [0.25, 0.3) is 0 Å². The highest BCUT2D eigenvalue weighted by molar-refractivity contribution is 6.42. The van der Waals surface area contributed by atoms with Gasteiger partial charge in [-0.1, -0.05) is 77.6 Å². The Morgan fingerprint density at radius 1 is 0.875 bits per heavy atom. The molecule has 8 heteroatoms. The first-order valence-electron chi connectivity index (χ1n) is 13.9. The molecule has 5 nitrogen and oxygen atoms in total. The summed E-state index contributed by atoms with van der Waals surface area (Å²) in [5.41, 5.74) is 2.77. The normalized spacial score (nSPS) is 21.7. The van der Waals surface area contributed by atoms with E-state index in [0.29, 0.717) is 40.1 Å². The van der Waals surface area contributed by atoms with Gasteiger partial charge in [-0.3, -0.25) is 14.5 Å². The molecule has 0 bridgehead atoms. The predicted molar refractivity (Wildman–Crippen MR) is 162 cm³/mol. The third-order valence-electron chi connectivity index (χ3n) is 8.30. The second-order valence-corrected chi connectivity index (χ2v) is 12.1. The second-order valence-electron chi connectivity index (χ2n) is 10.8. The lowest BCUT2D eigenvalue weighted by Crippen LogP contribution is -2.56. The average molecular weight is 599 g/mol. The van der Waals surface area contributed by atoms with Crippen molar-refractivity contribution in [2.45, 2.75) is 50.2 Å². The van der Waals surface area contributed by atoms with Crippen molar-refractivity contribution in [1.82, 2.24) is 14.7 Å². The minimum Gasteiger partial charge on any atom is -0.341 e. The molecule has 2 heterocycles. The summed E-state index contributed by atoms with van der Waals surface area (Å²) in [6, 6.07) is 22.7. The Labute approximate surface area is 251 Å². The third-order valence-corrected chi connectivity index (χ3v) is 9.29. The number of likely N-dealkylation sites (tertiary alicyclic amines) is 2. The largest absolute Gasteiger partial charge is 0.341 e. The zero-order valence-corrected chi connectivity index (χ0v) is 24.9. The Balaban J connectivity index is 1.38. The van der Waals surface area contributed by atoms with Gasteiger partial charge < -0.3 is 9.80 Å². The molecule has 0 radical (unpaired) electrons. The topological polar surface area (TPSA) is 43.9 Å². The fourth-order valence-electron chi connectivity index (χ4n) is 6.11. The van der Waals surface area contributed by atoms with Crippen molar-refractivity contribution in [3.05, 3.63) is 105 Å². The molecule has 2 aliphatic rings. The molecule has 0 aromatic heterocycles. The van der Waals surface area contributed by atoms with E-state index in [-0.39, 0.29) is 29.8 Å². The van der Waals surface area contributed by atoms with Gasteiger partial charge in [-0.05, 0) is 73.3 Å². The van der Waals surface area contributed by atoms with Crippen molar-refractivity contribution in [2.24, 2.45) is 0 Å². The van der Waals surface area contributed by atoms with Gasteiger partial charge in [0.2, 0.25) is 5.91 Å². The van der Waals surface area contributed by atoms with Crippen molar-refractivity contribution in [1.29, 1.82) is 0 Å². The summed E-state index contributed by atoms with van der Waals surface area (Å²) in [7, 11) is 1.84.